The molecule has 2 nitrogen and oxygen atoms in total. The Morgan fingerprint density at radius 3 is 2.56 bits per heavy atom. The van der Waals surface area contributed by atoms with Crippen LogP contribution in [0.2, 0.25) is 10.0 Å². The Bertz CT molecular complexity index is 555. The van der Waals surface area contributed by atoms with Gasteiger partial charge in [-0.1, -0.05) is 45.2 Å². The van der Waals surface area contributed by atoms with Gasteiger partial charge in [0.25, 0.3) is 0 Å². The molecule has 2 aromatic rings. The Morgan fingerprint density at radius 2 is 1.89 bits per heavy atom. The van der Waals surface area contributed by atoms with Crippen LogP contribution in [-0.2, 0) is 6.54 Å². The molecule has 0 fully saturated rings. The number of hydrogen-bond acceptors (Lipinski definition) is 2. The summed E-state index contributed by atoms with van der Waals surface area (Å²) in [6.45, 7) is 0.410. The SMILES string of the molecule is Oc1cccc(Cl)c1CNc1ccc(Br)cc1Cl. The summed E-state index contributed by atoms with van der Waals surface area (Å²) >= 11 is 15.4. The van der Waals surface area contributed by atoms with Crippen molar-refractivity contribution < 1.29 is 5.11 Å². The van der Waals surface area contributed by atoms with Crippen molar-refractivity contribution in [3.05, 3.63) is 56.5 Å². The van der Waals surface area contributed by atoms with Crippen LogP contribution in [0.5, 0.6) is 5.75 Å². The molecule has 0 saturated heterocycles. The molecule has 0 aliphatic heterocycles. The number of aromatic hydroxyl groups is 1. The highest BCUT2D eigenvalue weighted by Crippen LogP contribution is 2.29. The van der Waals surface area contributed by atoms with Crippen molar-refractivity contribution in [3.63, 3.8) is 0 Å². The fraction of sp³-hybridized carbons (Fsp3) is 0.0769. The van der Waals surface area contributed by atoms with E-state index in [0.29, 0.717) is 22.2 Å². The molecule has 0 bridgehead atoms. The molecule has 18 heavy (non-hydrogen) atoms. The average molecular weight is 347 g/mol. The molecular formula is C13H10BrCl2NO. The molecule has 5 heteroatoms. The second-order valence-electron chi connectivity index (χ2n) is 3.72. The third kappa shape index (κ3) is 3.10. The van der Waals surface area contributed by atoms with E-state index in [2.05, 4.69) is 21.2 Å². The Morgan fingerprint density at radius 1 is 1.11 bits per heavy atom. The molecule has 0 saturated carbocycles. The monoisotopic (exact) mass is 345 g/mol. The van der Waals surface area contributed by atoms with Crippen molar-refractivity contribution in [2.75, 3.05) is 5.32 Å². The summed E-state index contributed by atoms with van der Waals surface area (Å²) in [7, 11) is 0. The van der Waals surface area contributed by atoms with E-state index in [-0.39, 0.29) is 5.75 Å². The van der Waals surface area contributed by atoms with Crippen molar-refractivity contribution in [1.82, 2.24) is 0 Å². The molecule has 0 atom stereocenters. The highest BCUT2D eigenvalue weighted by atomic mass is 79.9. The molecule has 0 amide bonds. The first-order valence-corrected chi connectivity index (χ1v) is 6.78. The van der Waals surface area contributed by atoms with Crippen LogP contribution in [0.1, 0.15) is 5.56 Å². The van der Waals surface area contributed by atoms with Crippen LogP contribution < -0.4 is 5.32 Å². The van der Waals surface area contributed by atoms with Crippen LogP contribution in [0.15, 0.2) is 40.9 Å². The normalized spacial score (nSPS) is 10.4. The maximum absolute atomic E-state index is 9.72. The quantitative estimate of drug-likeness (QED) is 0.812. The molecular weight excluding hydrogens is 337 g/mol. The van der Waals surface area contributed by atoms with Gasteiger partial charge in [0, 0.05) is 21.6 Å². The largest absolute Gasteiger partial charge is 0.508 e. The van der Waals surface area contributed by atoms with Crippen molar-refractivity contribution in [2.24, 2.45) is 0 Å². The molecule has 0 spiro atoms. The van der Waals surface area contributed by atoms with Crippen molar-refractivity contribution in [3.8, 4) is 5.75 Å². The second kappa shape index (κ2) is 5.83. The number of nitrogens with one attached hydrogen (secondary N) is 1. The van der Waals surface area contributed by atoms with Crippen molar-refractivity contribution in [2.45, 2.75) is 6.54 Å². The summed E-state index contributed by atoms with van der Waals surface area (Å²) in [4.78, 5) is 0. The maximum Gasteiger partial charge on any atom is 0.122 e. The van der Waals surface area contributed by atoms with Gasteiger partial charge >= 0.3 is 0 Å². The second-order valence-corrected chi connectivity index (χ2v) is 5.45. The summed E-state index contributed by atoms with van der Waals surface area (Å²) in [5.41, 5.74) is 1.44. The van der Waals surface area contributed by atoms with Gasteiger partial charge in [0.1, 0.15) is 5.75 Å². The molecule has 94 valence electrons. The van der Waals surface area contributed by atoms with Crippen LogP contribution in [0.3, 0.4) is 0 Å². The van der Waals surface area contributed by atoms with E-state index in [1.807, 2.05) is 12.1 Å². The van der Waals surface area contributed by atoms with Gasteiger partial charge in [-0.2, -0.15) is 0 Å². The van der Waals surface area contributed by atoms with Crippen molar-refractivity contribution in [1.29, 1.82) is 0 Å². The number of benzene rings is 2. The maximum atomic E-state index is 9.72. The standard InChI is InChI=1S/C13H10BrCl2NO/c14-8-4-5-12(11(16)6-8)17-7-9-10(15)2-1-3-13(9)18/h1-6,17-18H,7H2. The molecule has 2 N–H and O–H groups in total. The summed E-state index contributed by atoms with van der Waals surface area (Å²) in [5.74, 6) is 0.170. The molecule has 2 rings (SSSR count). The first-order valence-electron chi connectivity index (χ1n) is 5.23. The fourth-order valence-corrected chi connectivity index (χ4v) is 2.52. The lowest BCUT2D eigenvalue weighted by molar-refractivity contribution is 0.469. The third-order valence-corrected chi connectivity index (χ3v) is 3.64. The highest BCUT2D eigenvalue weighted by Gasteiger charge is 2.07. The smallest absolute Gasteiger partial charge is 0.122 e. The summed E-state index contributed by atoms with van der Waals surface area (Å²) in [6.07, 6.45) is 0. The van der Waals surface area contributed by atoms with Crippen LogP contribution in [0.4, 0.5) is 5.69 Å². The minimum Gasteiger partial charge on any atom is -0.508 e. The summed E-state index contributed by atoms with van der Waals surface area (Å²) in [6, 6.07) is 10.6. The molecule has 0 unspecified atom stereocenters. The molecule has 2 aromatic carbocycles. The Hall–Kier alpha value is -0.900. The summed E-state index contributed by atoms with van der Waals surface area (Å²) < 4.78 is 0.915. The minimum atomic E-state index is 0.170. The predicted octanol–water partition coefficient (Wildman–Crippen LogP) is 5.07. The van der Waals surface area contributed by atoms with Crippen LogP contribution in [-0.4, -0.2) is 5.11 Å². The zero-order valence-corrected chi connectivity index (χ0v) is 12.4. The van der Waals surface area contributed by atoms with Crippen LogP contribution in [0.25, 0.3) is 0 Å². The Labute approximate surface area is 124 Å². The van der Waals surface area contributed by atoms with E-state index in [0.717, 1.165) is 10.2 Å². The van der Waals surface area contributed by atoms with Gasteiger partial charge in [0.15, 0.2) is 0 Å². The Kier molecular flexibility index (Phi) is 4.38. The van der Waals surface area contributed by atoms with Gasteiger partial charge in [0.05, 0.1) is 10.7 Å². The van der Waals surface area contributed by atoms with Crippen LogP contribution in [0, 0.1) is 0 Å². The zero-order valence-electron chi connectivity index (χ0n) is 9.25. The Balaban J connectivity index is 2.16. The van der Waals surface area contributed by atoms with Crippen LogP contribution >= 0.6 is 39.1 Å². The molecule has 0 aliphatic carbocycles. The summed E-state index contributed by atoms with van der Waals surface area (Å²) in [5, 5.41) is 14.0. The highest BCUT2D eigenvalue weighted by molar-refractivity contribution is 9.10. The molecule has 0 heterocycles. The first kappa shape index (κ1) is 13.5. The fourth-order valence-electron chi connectivity index (χ4n) is 1.54. The van der Waals surface area contributed by atoms with E-state index in [1.165, 1.54) is 0 Å². The van der Waals surface area contributed by atoms with E-state index in [4.69, 9.17) is 23.2 Å². The molecule has 0 aliphatic rings. The average Bonchev–Trinajstić information content (AvgIpc) is 2.31. The van der Waals surface area contributed by atoms with Gasteiger partial charge in [-0.05, 0) is 30.3 Å². The van der Waals surface area contributed by atoms with E-state index in [1.54, 1.807) is 24.3 Å². The van der Waals surface area contributed by atoms with E-state index in [9.17, 15) is 5.11 Å². The van der Waals surface area contributed by atoms with Gasteiger partial charge in [-0.3, -0.25) is 0 Å². The van der Waals surface area contributed by atoms with Gasteiger partial charge in [0.2, 0.25) is 0 Å². The number of hydrogen-bond donors (Lipinski definition) is 2. The minimum absolute atomic E-state index is 0.170. The number of anilines is 1. The lowest BCUT2D eigenvalue weighted by Crippen LogP contribution is -2.01. The van der Waals surface area contributed by atoms with Gasteiger partial charge in [-0.15, -0.1) is 0 Å². The zero-order chi connectivity index (χ0) is 13.1. The third-order valence-electron chi connectivity index (χ3n) is 2.48. The van der Waals surface area contributed by atoms with Gasteiger partial charge < -0.3 is 10.4 Å². The number of phenols is 1. The van der Waals surface area contributed by atoms with E-state index < -0.39 is 0 Å². The molecule has 0 radical (unpaired) electrons. The topological polar surface area (TPSA) is 32.3 Å². The number of phenolic OH excluding ortho intramolecular Hbond substituents is 1. The lowest BCUT2D eigenvalue weighted by Gasteiger charge is -2.11. The molecule has 0 aromatic heterocycles. The predicted molar refractivity (Wildman–Crippen MR) is 79.6 cm³/mol. The van der Waals surface area contributed by atoms with Crippen molar-refractivity contribution >= 4 is 44.8 Å². The van der Waals surface area contributed by atoms with E-state index >= 15 is 0 Å². The number of rotatable bonds is 3. The first-order chi connectivity index (χ1) is 8.58. The van der Waals surface area contributed by atoms with Gasteiger partial charge in [-0.25, -0.2) is 0 Å². The number of halogens is 3. The lowest BCUT2D eigenvalue weighted by atomic mass is 10.2.